The van der Waals surface area contributed by atoms with Crippen molar-refractivity contribution in [2.24, 2.45) is 5.73 Å². The van der Waals surface area contributed by atoms with Crippen molar-refractivity contribution in [3.63, 3.8) is 0 Å². The van der Waals surface area contributed by atoms with Gasteiger partial charge in [-0.2, -0.15) is 0 Å². The molecule has 1 aromatic rings. The Morgan fingerprint density at radius 2 is 1.94 bits per heavy atom. The van der Waals surface area contributed by atoms with Gasteiger partial charge in [0.1, 0.15) is 12.3 Å². The molecule has 0 aliphatic heterocycles. The minimum atomic E-state index is -0.548. The van der Waals surface area contributed by atoms with Crippen molar-refractivity contribution in [3.05, 3.63) is 30.3 Å². The fraction of sp³-hybridized carbons (Fsp3) is 0.385. The highest BCUT2D eigenvalue weighted by Gasteiger charge is 2.17. The Hall–Kier alpha value is -2.04. The summed E-state index contributed by atoms with van der Waals surface area (Å²) in [5, 5.41) is 0. The Bertz CT molecular complexity index is 392. The van der Waals surface area contributed by atoms with Crippen molar-refractivity contribution in [2.45, 2.75) is 19.8 Å². The maximum Gasteiger partial charge on any atom is 0.415 e. The van der Waals surface area contributed by atoms with Crippen LogP contribution < -0.4 is 10.5 Å². The van der Waals surface area contributed by atoms with Crippen LogP contribution in [-0.4, -0.2) is 30.0 Å². The Balaban J connectivity index is 2.60. The van der Waals surface area contributed by atoms with Crippen molar-refractivity contribution in [3.8, 4) is 5.75 Å². The van der Waals surface area contributed by atoms with Crippen LogP contribution in [0.4, 0.5) is 4.79 Å². The summed E-state index contributed by atoms with van der Waals surface area (Å²) in [5.74, 6) is -0.0930. The molecule has 0 unspecified atom stereocenters. The number of nitrogens with two attached hydrogens (primary N) is 1. The largest absolute Gasteiger partial charge is 0.415 e. The van der Waals surface area contributed by atoms with E-state index in [-0.39, 0.29) is 6.54 Å². The minimum absolute atomic E-state index is 0.119. The highest BCUT2D eigenvalue weighted by molar-refractivity contribution is 5.81. The van der Waals surface area contributed by atoms with Crippen LogP contribution in [0.15, 0.2) is 30.3 Å². The number of rotatable bonds is 6. The standard InChI is InChI=1S/C13H18N2O3/c1-2-3-9-15(10-12(14)16)13(17)18-11-7-5-4-6-8-11/h4-8H,2-3,9-10H2,1H3,(H2,14,16). The van der Waals surface area contributed by atoms with Crippen LogP contribution >= 0.6 is 0 Å². The number of benzene rings is 1. The van der Waals surface area contributed by atoms with Gasteiger partial charge in [0.05, 0.1) is 0 Å². The molecule has 5 nitrogen and oxygen atoms in total. The molecule has 2 N–H and O–H groups in total. The van der Waals surface area contributed by atoms with Gasteiger partial charge < -0.3 is 10.5 Å². The Morgan fingerprint density at radius 3 is 2.50 bits per heavy atom. The predicted molar refractivity (Wildman–Crippen MR) is 68.1 cm³/mol. The second-order valence-electron chi connectivity index (χ2n) is 3.92. The lowest BCUT2D eigenvalue weighted by Crippen LogP contribution is -2.40. The number of amides is 2. The van der Waals surface area contributed by atoms with E-state index in [0.717, 1.165) is 12.8 Å². The van der Waals surface area contributed by atoms with Gasteiger partial charge in [-0.25, -0.2) is 4.79 Å². The van der Waals surface area contributed by atoms with Crippen molar-refractivity contribution in [1.29, 1.82) is 0 Å². The summed E-state index contributed by atoms with van der Waals surface area (Å²) in [6, 6.07) is 8.73. The topological polar surface area (TPSA) is 72.6 Å². The van der Waals surface area contributed by atoms with E-state index in [1.807, 2.05) is 13.0 Å². The zero-order valence-electron chi connectivity index (χ0n) is 10.5. The van der Waals surface area contributed by atoms with Crippen LogP contribution in [0.1, 0.15) is 19.8 Å². The van der Waals surface area contributed by atoms with Crippen molar-refractivity contribution >= 4 is 12.0 Å². The molecule has 18 heavy (non-hydrogen) atoms. The van der Waals surface area contributed by atoms with Crippen LogP contribution in [0.3, 0.4) is 0 Å². The third-order valence-corrected chi connectivity index (χ3v) is 2.33. The van der Waals surface area contributed by atoms with Gasteiger partial charge >= 0.3 is 6.09 Å². The number of para-hydroxylation sites is 1. The number of ether oxygens (including phenoxy) is 1. The number of primary amides is 1. The minimum Gasteiger partial charge on any atom is -0.410 e. The van der Waals surface area contributed by atoms with Crippen LogP contribution in [0.25, 0.3) is 0 Å². The van der Waals surface area contributed by atoms with Crippen molar-refractivity contribution in [2.75, 3.05) is 13.1 Å². The first-order valence-corrected chi connectivity index (χ1v) is 5.93. The number of hydrogen-bond acceptors (Lipinski definition) is 3. The third kappa shape index (κ3) is 4.86. The summed E-state index contributed by atoms with van der Waals surface area (Å²) >= 11 is 0. The van der Waals surface area contributed by atoms with E-state index in [1.165, 1.54) is 4.90 Å². The van der Waals surface area contributed by atoms with Crippen LogP contribution in [0, 0.1) is 0 Å². The average Bonchev–Trinajstić information content (AvgIpc) is 2.35. The van der Waals surface area contributed by atoms with E-state index in [0.29, 0.717) is 12.3 Å². The summed E-state index contributed by atoms with van der Waals surface area (Å²) in [6.07, 6.45) is 1.18. The van der Waals surface area contributed by atoms with Gasteiger partial charge in [0, 0.05) is 6.54 Å². The van der Waals surface area contributed by atoms with E-state index >= 15 is 0 Å². The Labute approximate surface area is 107 Å². The van der Waals surface area contributed by atoms with Crippen molar-refractivity contribution in [1.82, 2.24) is 4.90 Å². The monoisotopic (exact) mass is 250 g/mol. The Kier molecular flexibility index (Phi) is 5.70. The van der Waals surface area contributed by atoms with E-state index in [4.69, 9.17) is 10.5 Å². The summed E-state index contributed by atoms with van der Waals surface area (Å²) in [5.41, 5.74) is 5.11. The molecular formula is C13H18N2O3. The van der Waals surface area contributed by atoms with Gasteiger partial charge in [-0.15, -0.1) is 0 Å². The van der Waals surface area contributed by atoms with Crippen LogP contribution in [0.5, 0.6) is 5.75 Å². The molecule has 5 heteroatoms. The number of carbonyl (C=O) groups excluding carboxylic acids is 2. The molecule has 0 saturated carbocycles. The van der Waals surface area contributed by atoms with E-state index in [9.17, 15) is 9.59 Å². The molecule has 0 atom stereocenters. The first-order chi connectivity index (χ1) is 8.63. The lowest BCUT2D eigenvalue weighted by Gasteiger charge is -2.20. The SMILES string of the molecule is CCCCN(CC(N)=O)C(=O)Oc1ccccc1. The summed E-state index contributed by atoms with van der Waals surface area (Å²) in [7, 11) is 0. The van der Waals surface area contributed by atoms with Crippen LogP contribution in [-0.2, 0) is 4.79 Å². The molecule has 1 aromatic carbocycles. The van der Waals surface area contributed by atoms with E-state index < -0.39 is 12.0 Å². The molecule has 98 valence electrons. The first kappa shape index (κ1) is 14.0. The summed E-state index contributed by atoms with van der Waals surface area (Å²) in [4.78, 5) is 24.1. The molecule has 1 rings (SSSR count). The number of unbranched alkanes of at least 4 members (excludes halogenated alkanes) is 1. The molecule has 0 radical (unpaired) electrons. The molecule has 2 amide bonds. The van der Waals surface area contributed by atoms with Gasteiger partial charge in [-0.1, -0.05) is 31.5 Å². The maximum atomic E-state index is 11.8. The number of nitrogens with zero attached hydrogens (tertiary/aromatic N) is 1. The second-order valence-corrected chi connectivity index (χ2v) is 3.92. The molecule has 0 fully saturated rings. The lowest BCUT2D eigenvalue weighted by molar-refractivity contribution is -0.118. The van der Waals surface area contributed by atoms with Gasteiger partial charge in [0.15, 0.2) is 0 Å². The molecule has 0 saturated heterocycles. The first-order valence-electron chi connectivity index (χ1n) is 5.93. The summed E-state index contributed by atoms with van der Waals surface area (Å²) in [6.45, 7) is 2.35. The molecular weight excluding hydrogens is 232 g/mol. The highest BCUT2D eigenvalue weighted by atomic mass is 16.6. The summed E-state index contributed by atoms with van der Waals surface area (Å²) < 4.78 is 5.15. The van der Waals surface area contributed by atoms with Gasteiger partial charge in [-0.05, 0) is 18.6 Å². The van der Waals surface area contributed by atoms with Gasteiger partial charge in [0.2, 0.25) is 5.91 Å². The molecule has 0 aliphatic carbocycles. The molecule has 0 aromatic heterocycles. The van der Waals surface area contributed by atoms with Gasteiger partial charge in [-0.3, -0.25) is 9.69 Å². The van der Waals surface area contributed by atoms with E-state index in [2.05, 4.69) is 0 Å². The fourth-order valence-electron chi connectivity index (χ4n) is 1.43. The second kappa shape index (κ2) is 7.32. The normalized spacial score (nSPS) is 9.83. The molecule has 0 bridgehead atoms. The Morgan fingerprint density at radius 1 is 1.28 bits per heavy atom. The van der Waals surface area contributed by atoms with E-state index in [1.54, 1.807) is 24.3 Å². The highest BCUT2D eigenvalue weighted by Crippen LogP contribution is 2.10. The fourth-order valence-corrected chi connectivity index (χ4v) is 1.43. The maximum absolute atomic E-state index is 11.8. The quantitative estimate of drug-likeness (QED) is 0.836. The zero-order valence-corrected chi connectivity index (χ0v) is 10.5. The van der Waals surface area contributed by atoms with Crippen LogP contribution in [0.2, 0.25) is 0 Å². The number of carbonyl (C=O) groups is 2. The van der Waals surface area contributed by atoms with Crippen molar-refractivity contribution < 1.29 is 14.3 Å². The average molecular weight is 250 g/mol. The lowest BCUT2D eigenvalue weighted by atomic mass is 10.3. The number of hydrogen-bond donors (Lipinski definition) is 1. The smallest absolute Gasteiger partial charge is 0.410 e. The predicted octanol–water partition coefficient (Wildman–Crippen LogP) is 1.77. The van der Waals surface area contributed by atoms with Gasteiger partial charge in [0.25, 0.3) is 0 Å². The molecule has 0 aliphatic rings. The zero-order chi connectivity index (χ0) is 13.4. The third-order valence-electron chi connectivity index (χ3n) is 2.33. The molecule has 0 heterocycles. The molecule has 0 spiro atoms.